The molecule has 1 N–H and O–H groups in total. The summed E-state index contributed by atoms with van der Waals surface area (Å²) in [5, 5.41) is 2.74. The van der Waals surface area contributed by atoms with Crippen molar-refractivity contribution >= 4 is 17.7 Å². The topological polar surface area (TPSA) is 58.6 Å². The number of nitrogens with zero attached hydrogens (tertiary/aromatic N) is 1. The highest BCUT2D eigenvalue weighted by molar-refractivity contribution is 5.90. The fraction of sp³-hybridized carbons (Fsp3) is 0.467. The summed E-state index contributed by atoms with van der Waals surface area (Å²) >= 11 is 0. The highest BCUT2D eigenvalue weighted by atomic mass is 16.6. The van der Waals surface area contributed by atoms with Crippen LogP contribution in [-0.4, -0.2) is 31.2 Å². The highest BCUT2D eigenvalue weighted by Crippen LogP contribution is 2.23. The molecule has 1 fully saturated rings. The van der Waals surface area contributed by atoms with Crippen LogP contribution in [-0.2, 0) is 9.53 Å². The maximum atomic E-state index is 11.9. The first kappa shape index (κ1) is 14.4. The van der Waals surface area contributed by atoms with Gasteiger partial charge in [-0.1, -0.05) is 13.0 Å². The lowest BCUT2D eigenvalue weighted by Crippen LogP contribution is -2.34. The first-order chi connectivity index (χ1) is 9.51. The van der Waals surface area contributed by atoms with E-state index in [0.29, 0.717) is 19.5 Å². The summed E-state index contributed by atoms with van der Waals surface area (Å²) in [5.41, 5.74) is 3.16. The summed E-state index contributed by atoms with van der Waals surface area (Å²) in [6.07, 6.45) is -0.217. The largest absolute Gasteiger partial charge is 0.442 e. The Morgan fingerprint density at radius 1 is 1.40 bits per heavy atom. The van der Waals surface area contributed by atoms with Crippen molar-refractivity contribution in [2.75, 3.05) is 18.0 Å². The third kappa shape index (κ3) is 3.10. The Bertz CT molecular complexity index is 528. The number of benzene rings is 1. The maximum absolute atomic E-state index is 11.9. The number of ether oxygens (including phenoxy) is 1. The summed E-state index contributed by atoms with van der Waals surface area (Å²) in [4.78, 5) is 24.7. The molecule has 5 nitrogen and oxygen atoms in total. The van der Waals surface area contributed by atoms with Crippen LogP contribution < -0.4 is 10.2 Å². The number of hydrogen-bond acceptors (Lipinski definition) is 3. The van der Waals surface area contributed by atoms with Crippen LogP contribution in [0.1, 0.15) is 24.5 Å². The molecule has 0 spiro atoms. The van der Waals surface area contributed by atoms with E-state index < -0.39 is 0 Å². The van der Waals surface area contributed by atoms with Gasteiger partial charge in [-0.2, -0.15) is 0 Å². The number of anilines is 1. The fourth-order valence-electron chi connectivity index (χ4n) is 2.08. The number of amides is 2. The zero-order valence-electron chi connectivity index (χ0n) is 12.1. The zero-order valence-corrected chi connectivity index (χ0v) is 12.1. The van der Waals surface area contributed by atoms with E-state index in [9.17, 15) is 9.59 Å². The second-order valence-corrected chi connectivity index (χ2v) is 5.04. The number of carbonyl (C=O) groups excluding carboxylic acids is 2. The molecule has 0 radical (unpaired) electrons. The van der Waals surface area contributed by atoms with Crippen molar-refractivity contribution in [2.24, 2.45) is 0 Å². The van der Waals surface area contributed by atoms with Crippen LogP contribution in [0, 0.1) is 13.8 Å². The number of aryl methyl sites for hydroxylation is 2. The number of cyclic esters (lactones) is 1. The average molecular weight is 276 g/mol. The lowest BCUT2D eigenvalue weighted by Gasteiger charge is -2.14. The minimum Gasteiger partial charge on any atom is -0.442 e. The van der Waals surface area contributed by atoms with Crippen molar-refractivity contribution in [3.8, 4) is 0 Å². The van der Waals surface area contributed by atoms with Gasteiger partial charge in [-0.25, -0.2) is 4.79 Å². The van der Waals surface area contributed by atoms with E-state index in [2.05, 4.69) is 5.32 Å². The van der Waals surface area contributed by atoms with Crippen LogP contribution in [0.2, 0.25) is 0 Å². The van der Waals surface area contributed by atoms with Gasteiger partial charge in [0.2, 0.25) is 5.91 Å². The van der Waals surface area contributed by atoms with Gasteiger partial charge in [0, 0.05) is 12.1 Å². The summed E-state index contributed by atoms with van der Waals surface area (Å²) < 4.78 is 5.27. The molecule has 1 aliphatic heterocycles. The Kier molecular flexibility index (Phi) is 4.27. The summed E-state index contributed by atoms with van der Waals surface area (Å²) in [7, 11) is 0. The number of rotatable bonds is 4. The van der Waals surface area contributed by atoms with Crippen molar-refractivity contribution in [1.29, 1.82) is 0 Å². The van der Waals surface area contributed by atoms with E-state index in [0.717, 1.165) is 11.3 Å². The van der Waals surface area contributed by atoms with E-state index in [1.165, 1.54) is 5.56 Å². The lowest BCUT2D eigenvalue weighted by atomic mass is 10.1. The minimum absolute atomic E-state index is 0.0364. The van der Waals surface area contributed by atoms with Gasteiger partial charge in [0.05, 0.1) is 13.1 Å². The molecule has 0 aromatic heterocycles. The van der Waals surface area contributed by atoms with Gasteiger partial charge < -0.3 is 10.1 Å². The number of hydrogen-bond donors (Lipinski definition) is 1. The maximum Gasteiger partial charge on any atom is 0.414 e. The Morgan fingerprint density at radius 2 is 2.15 bits per heavy atom. The Hall–Kier alpha value is -2.04. The molecule has 1 saturated heterocycles. The molecule has 108 valence electrons. The van der Waals surface area contributed by atoms with Crippen LogP contribution in [0.5, 0.6) is 0 Å². The van der Waals surface area contributed by atoms with E-state index >= 15 is 0 Å². The third-order valence-corrected chi connectivity index (χ3v) is 3.52. The first-order valence-corrected chi connectivity index (χ1v) is 6.83. The van der Waals surface area contributed by atoms with E-state index in [4.69, 9.17) is 4.74 Å². The average Bonchev–Trinajstić information content (AvgIpc) is 2.80. The van der Waals surface area contributed by atoms with E-state index in [1.54, 1.807) is 11.8 Å². The van der Waals surface area contributed by atoms with Crippen LogP contribution in [0.4, 0.5) is 10.5 Å². The van der Waals surface area contributed by atoms with Crippen LogP contribution in [0.3, 0.4) is 0 Å². The van der Waals surface area contributed by atoms with Crippen LogP contribution in [0.25, 0.3) is 0 Å². The Morgan fingerprint density at radius 3 is 2.80 bits per heavy atom. The third-order valence-electron chi connectivity index (χ3n) is 3.52. The van der Waals surface area contributed by atoms with Crippen LogP contribution >= 0.6 is 0 Å². The highest BCUT2D eigenvalue weighted by Gasteiger charge is 2.32. The summed E-state index contributed by atoms with van der Waals surface area (Å²) in [6.45, 7) is 6.66. The molecule has 1 heterocycles. The zero-order chi connectivity index (χ0) is 14.7. The van der Waals surface area contributed by atoms with Crippen molar-refractivity contribution < 1.29 is 14.3 Å². The molecule has 1 atom stereocenters. The van der Waals surface area contributed by atoms with Crippen molar-refractivity contribution in [3.63, 3.8) is 0 Å². The van der Waals surface area contributed by atoms with Crippen molar-refractivity contribution in [3.05, 3.63) is 29.3 Å². The molecule has 0 bridgehead atoms. The summed E-state index contributed by atoms with van der Waals surface area (Å²) in [6, 6.07) is 5.88. The van der Waals surface area contributed by atoms with Crippen LogP contribution in [0.15, 0.2) is 18.2 Å². The molecule has 1 aliphatic rings. The predicted octanol–water partition coefficient (Wildman–Crippen LogP) is 2.15. The quantitative estimate of drug-likeness (QED) is 0.916. The monoisotopic (exact) mass is 276 g/mol. The summed E-state index contributed by atoms with van der Waals surface area (Å²) in [5.74, 6) is -0.0364. The molecule has 0 saturated carbocycles. The van der Waals surface area contributed by atoms with Gasteiger partial charge in [0.1, 0.15) is 6.10 Å². The molecule has 2 amide bonds. The molecular weight excluding hydrogens is 256 g/mol. The van der Waals surface area contributed by atoms with Gasteiger partial charge >= 0.3 is 6.09 Å². The van der Waals surface area contributed by atoms with Crippen molar-refractivity contribution in [1.82, 2.24) is 5.32 Å². The molecule has 1 unspecified atom stereocenters. The normalized spacial score (nSPS) is 18.1. The van der Waals surface area contributed by atoms with Gasteiger partial charge in [-0.15, -0.1) is 0 Å². The molecule has 1 aromatic carbocycles. The SMILES string of the molecule is CCC(=O)NCC1CN(c2ccc(C)c(C)c2)C(=O)O1. The molecule has 5 heteroatoms. The van der Waals surface area contributed by atoms with Gasteiger partial charge in [0.25, 0.3) is 0 Å². The van der Waals surface area contributed by atoms with E-state index in [1.807, 2.05) is 32.0 Å². The standard InChI is InChI=1S/C15H20N2O3/c1-4-14(18)16-8-13-9-17(15(19)20-13)12-6-5-10(2)11(3)7-12/h5-7,13H,4,8-9H2,1-3H3,(H,16,18). The number of carbonyl (C=O) groups is 2. The van der Waals surface area contributed by atoms with Gasteiger partial charge in [-0.05, 0) is 37.1 Å². The molecule has 1 aromatic rings. The second-order valence-electron chi connectivity index (χ2n) is 5.04. The van der Waals surface area contributed by atoms with Crippen molar-refractivity contribution in [2.45, 2.75) is 33.3 Å². The number of nitrogens with one attached hydrogen (secondary N) is 1. The Labute approximate surface area is 118 Å². The molecule has 20 heavy (non-hydrogen) atoms. The first-order valence-electron chi connectivity index (χ1n) is 6.83. The van der Waals surface area contributed by atoms with Gasteiger partial charge in [0.15, 0.2) is 0 Å². The lowest BCUT2D eigenvalue weighted by molar-refractivity contribution is -0.121. The molecule has 2 rings (SSSR count). The van der Waals surface area contributed by atoms with Gasteiger partial charge in [-0.3, -0.25) is 9.69 Å². The molecular formula is C15H20N2O3. The Balaban J connectivity index is 2.01. The van der Waals surface area contributed by atoms with E-state index in [-0.39, 0.29) is 18.1 Å². The predicted molar refractivity (Wildman–Crippen MR) is 76.8 cm³/mol. The second kappa shape index (κ2) is 5.94. The fourth-order valence-corrected chi connectivity index (χ4v) is 2.08. The smallest absolute Gasteiger partial charge is 0.414 e. The molecule has 0 aliphatic carbocycles. The minimum atomic E-state index is -0.357.